The van der Waals surface area contributed by atoms with Gasteiger partial charge in [0.15, 0.2) is 0 Å². The molecular weight excluding hydrogens is 290 g/mol. The summed E-state index contributed by atoms with van der Waals surface area (Å²) in [6.45, 7) is 7.80. The number of halogens is 1. The van der Waals surface area contributed by atoms with Crippen molar-refractivity contribution in [1.82, 2.24) is 0 Å². The Morgan fingerprint density at radius 1 is 1.52 bits per heavy atom. The second-order valence-corrected chi connectivity index (χ2v) is 6.35. The van der Waals surface area contributed by atoms with Crippen molar-refractivity contribution >= 4 is 29.3 Å². The molecule has 2 rings (SSSR count). The van der Waals surface area contributed by atoms with Crippen molar-refractivity contribution in [1.29, 1.82) is 0 Å². The second-order valence-electron chi connectivity index (χ2n) is 5.95. The van der Waals surface area contributed by atoms with Crippen LogP contribution >= 0.6 is 11.6 Å². The number of anilines is 1. The topological polar surface area (TPSA) is 49.8 Å². The molecule has 1 aromatic rings. The van der Waals surface area contributed by atoms with Crippen molar-refractivity contribution in [3.8, 4) is 0 Å². The van der Waals surface area contributed by atoms with Gasteiger partial charge < -0.3 is 14.7 Å². The smallest absolute Gasteiger partial charge is 0.328 e. The molecule has 21 heavy (non-hydrogen) atoms. The van der Waals surface area contributed by atoms with Crippen molar-refractivity contribution in [2.45, 2.75) is 32.5 Å². The van der Waals surface area contributed by atoms with E-state index >= 15 is 0 Å². The summed E-state index contributed by atoms with van der Waals surface area (Å²) in [6, 6.07) is 5.67. The molecule has 1 heterocycles. The molecule has 114 valence electrons. The summed E-state index contributed by atoms with van der Waals surface area (Å²) in [6.07, 6.45) is 2.74. The lowest BCUT2D eigenvalue weighted by Crippen LogP contribution is -2.52. The molecule has 1 N–H and O–H groups in total. The predicted molar refractivity (Wildman–Crippen MR) is 85.0 cm³/mol. The average molecular weight is 310 g/mol. The summed E-state index contributed by atoms with van der Waals surface area (Å²) in [4.78, 5) is 12.8. The Bertz CT molecular complexity index is 569. The maximum absolute atomic E-state index is 10.6. The maximum Gasteiger partial charge on any atom is 0.328 e. The van der Waals surface area contributed by atoms with Gasteiger partial charge in [0.25, 0.3) is 0 Å². The minimum absolute atomic E-state index is 0.152. The molecule has 0 spiro atoms. The highest BCUT2D eigenvalue weighted by Gasteiger charge is 2.31. The number of carboxylic acids is 1. The summed E-state index contributed by atoms with van der Waals surface area (Å²) >= 11 is 6.24. The maximum atomic E-state index is 10.6. The lowest BCUT2D eigenvalue weighted by Gasteiger charge is -2.43. The lowest BCUT2D eigenvalue weighted by molar-refractivity contribution is -0.131. The Morgan fingerprint density at radius 3 is 2.81 bits per heavy atom. The van der Waals surface area contributed by atoms with Crippen LogP contribution in [0.15, 0.2) is 24.3 Å². The Morgan fingerprint density at radius 2 is 2.24 bits per heavy atom. The van der Waals surface area contributed by atoms with Crippen molar-refractivity contribution in [3.05, 3.63) is 34.9 Å². The molecule has 1 aliphatic rings. The van der Waals surface area contributed by atoms with Gasteiger partial charge in [0.05, 0.1) is 11.7 Å². The van der Waals surface area contributed by atoms with Crippen molar-refractivity contribution in [2.75, 3.05) is 18.0 Å². The van der Waals surface area contributed by atoms with Crippen molar-refractivity contribution in [2.24, 2.45) is 0 Å². The predicted octanol–water partition coefficient (Wildman–Crippen LogP) is 3.44. The third kappa shape index (κ3) is 4.22. The quantitative estimate of drug-likeness (QED) is 0.869. The molecule has 1 aromatic carbocycles. The van der Waals surface area contributed by atoms with Gasteiger partial charge in [-0.05, 0) is 44.5 Å². The van der Waals surface area contributed by atoms with Gasteiger partial charge in [-0.3, -0.25) is 0 Å². The fourth-order valence-corrected chi connectivity index (χ4v) is 2.90. The molecule has 1 saturated heterocycles. The van der Waals surface area contributed by atoms with Gasteiger partial charge in [0, 0.05) is 29.9 Å². The number of rotatable bonds is 3. The number of nitrogens with zero attached hydrogens (tertiary/aromatic N) is 1. The largest absolute Gasteiger partial charge is 0.478 e. The Kier molecular flexibility index (Phi) is 4.59. The standard InChI is InChI=1S/C16H20ClNO3/c1-11-9-18(10-16(2,3)21-11)13-6-4-12(14(17)8-13)5-7-15(19)20/h4-8,11H,9-10H2,1-3H3,(H,19,20)/b7-5+. The minimum Gasteiger partial charge on any atom is -0.478 e. The molecule has 1 atom stereocenters. The molecule has 0 radical (unpaired) electrons. The van der Waals surface area contributed by atoms with Gasteiger partial charge in [0.1, 0.15) is 0 Å². The van der Waals surface area contributed by atoms with E-state index in [0.29, 0.717) is 10.6 Å². The van der Waals surface area contributed by atoms with E-state index in [4.69, 9.17) is 21.4 Å². The van der Waals surface area contributed by atoms with Crippen LogP contribution in [0.1, 0.15) is 26.3 Å². The fourth-order valence-electron chi connectivity index (χ4n) is 2.66. The van der Waals surface area contributed by atoms with Crippen LogP contribution < -0.4 is 4.90 Å². The van der Waals surface area contributed by atoms with E-state index in [1.807, 2.05) is 18.2 Å². The summed E-state index contributed by atoms with van der Waals surface area (Å²) in [5.74, 6) is -0.987. The molecular formula is C16H20ClNO3. The first-order valence-electron chi connectivity index (χ1n) is 6.90. The van der Waals surface area contributed by atoms with Gasteiger partial charge >= 0.3 is 5.97 Å². The summed E-state index contributed by atoms with van der Waals surface area (Å²) in [5, 5.41) is 9.20. The first-order valence-corrected chi connectivity index (χ1v) is 7.28. The Balaban J connectivity index is 2.21. The van der Waals surface area contributed by atoms with Crippen LogP contribution in [0.2, 0.25) is 5.02 Å². The van der Waals surface area contributed by atoms with Crippen LogP contribution in [0.3, 0.4) is 0 Å². The molecule has 1 fully saturated rings. The first kappa shape index (κ1) is 15.9. The third-order valence-corrected chi connectivity index (χ3v) is 3.65. The summed E-state index contributed by atoms with van der Waals surface area (Å²) < 4.78 is 5.89. The molecule has 0 bridgehead atoms. The zero-order chi connectivity index (χ0) is 15.6. The summed E-state index contributed by atoms with van der Waals surface area (Å²) in [7, 11) is 0. The van der Waals surface area contributed by atoms with Crippen LogP contribution in [0.25, 0.3) is 6.08 Å². The Labute approximate surface area is 130 Å². The van der Waals surface area contributed by atoms with Gasteiger partial charge in [-0.2, -0.15) is 0 Å². The molecule has 0 aliphatic carbocycles. The zero-order valence-electron chi connectivity index (χ0n) is 12.5. The highest BCUT2D eigenvalue weighted by Crippen LogP contribution is 2.29. The number of morpholine rings is 1. The van der Waals surface area contributed by atoms with E-state index in [9.17, 15) is 4.79 Å². The molecule has 5 heteroatoms. The molecule has 0 aromatic heterocycles. The van der Waals surface area contributed by atoms with Crippen molar-refractivity contribution in [3.63, 3.8) is 0 Å². The first-order chi connectivity index (χ1) is 9.77. The molecule has 0 saturated carbocycles. The normalized spacial score (nSPS) is 21.7. The number of hydrogen-bond donors (Lipinski definition) is 1. The fraction of sp³-hybridized carbons (Fsp3) is 0.438. The van der Waals surface area contributed by atoms with E-state index in [2.05, 4.69) is 25.7 Å². The number of ether oxygens (including phenoxy) is 1. The monoisotopic (exact) mass is 309 g/mol. The van der Waals surface area contributed by atoms with Gasteiger partial charge in [-0.1, -0.05) is 17.7 Å². The highest BCUT2D eigenvalue weighted by molar-refractivity contribution is 6.32. The van der Waals surface area contributed by atoms with Gasteiger partial charge in [-0.25, -0.2) is 4.79 Å². The summed E-state index contributed by atoms with van der Waals surface area (Å²) in [5.41, 5.74) is 1.52. The number of hydrogen-bond acceptors (Lipinski definition) is 3. The second kappa shape index (κ2) is 6.08. The van der Waals surface area contributed by atoms with Gasteiger partial charge in [-0.15, -0.1) is 0 Å². The average Bonchev–Trinajstić information content (AvgIpc) is 2.34. The van der Waals surface area contributed by atoms with Crippen molar-refractivity contribution < 1.29 is 14.6 Å². The number of carboxylic acid groups (broad SMARTS) is 1. The SMILES string of the molecule is CC1CN(c2ccc(/C=C/C(=O)O)c(Cl)c2)CC(C)(C)O1. The van der Waals surface area contributed by atoms with E-state index in [-0.39, 0.29) is 11.7 Å². The van der Waals surface area contributed by atoms with Crippen LogP contribution in [0.4, 0.5) is 5.69 Å². The number of benzene rings is 1. The number of aliphatic carboxylic acids is 1. The number of carbonyl (C=O) groups is 1. The van der Waals surface area contributed by atoms with E-state index in [0.717, 1.165) is 24.9 Å². The molecule has 0 amide bonds. The van der Waals surface area contributed by atoms with E-state index in [1.165, 1.54) is 6.08 Å². The highest BCUT2D eigenvalue weighted by atomic mass is 35.5. The van der Waals surface area contributed by atoms with Gasteiger partial charge in [0.2, 0.25) is 0 Å². The van der Waals surface area contributed by atoms with Crippen LogP contribution in [0.5, 0.6) is 0 Å². The van der Waals surface area contributed by atoms with Crippen LogP contribution in [-0.2, 0) is 9.53 Å². The van der Waals surface area contributed by atoms with E-state index in [1.54, 1.807) is 0 Å². The Hall–Kier alpha value is -1.52. The minimum atomic E-state index is -0.987. The molecule has 1 aliphatic heterocycles. The molecule has 1 unspecified atom stereocenters. The zero-order valence-corrected chi connectivity index (χ0v) is 13.2. The van der Waals surface area contributed by atoms with E-state index < -0.39 is 5.97 Å². The van der Waals surface area contributed by atoms with Crippen LogP contribution in [0, 0.1) is 0 Å². The van der Waals surface area contributed by atoms with Crippen LogP contribution in [-0.4, -0.2) is 35.9 Å². The third-order valence-electron chi connectivity index (χ3n) is 3.32. The molecule has 4 nitrogen and oxygen atoms in total. The lowest BCUT2D eigenvalue weighted by atomic mass is 10.0.